The Labute approximate surface area is 139 Å². The number of methoxy groups -OCH3 is 1. The van der Waals surface area contributed by atoms with Gasteiger partial charge in [-0.2, -0.15) is 0 Å². The first kappa shape index (κ1) is 19.2. The summed E-state index contributed by atoms with van der Waals surface area (Å²) >= 11 is 0. The summed E-state index contributed by atoms with van der Waals surface area (Å²) in [6, 6.07) is 5.40. The zero-order valence-corrected chi connectivity index (χ0v) is 15.0. The van der Waals surface area contributed by atoms with Crippen molar-refractivity contribution in [3.05, 3.63) is 29.3 Å². The summed E-state index contributed by atoms with van der Waals surface area (Å²) in [7, 11) is 1.61. The highest BCUT2D eigenvalue weighted by Gasteiger charge is 2.17. The molecule has 0 fully saturated rings. The SMILES string of the molecule is CCN(CC(=O)NC(C)(C)C)Cc1cc(C(C)=O)ccc1OC. The maximum Gasteiger partial charge on any atom is 0.234 e. The van der Waals surface area contributed by atoms with Crippen molar-refractivity contribution in [1.82, 2.24) is 10.2 Å². The zero-order valence-electron chi connectivity index (χ0n) is 15.0. The van der Waals surface area contributed by atoms with E-state index in [1.807, 2.05) is 38.7 Å². The molecule has 5 nitrogen and oxygen atoms in total. The van der Waals surface area contributed by atoms with Crippen molar-refractivity contribution in [1.29, 1.82) is 0 Å². The van der Waals surface area contributed by atoms with E-state index in [1.165, 1.54) is 0 Å². The van der Waals surface area contributed by atoms with E-state index in [2.05, 4.69) is 5.32 Å². The highest BCUT2D eigenvalue weighted by Crippen LogP contribution is 2.22. The van der Waals surface area contributed by atoms with Crippen LogP contribution in [0.3, 0.4) is 0 Å². The minimum atomic E-state index is -0.247. The van der Waals surface area contributed by atoms with E-state index < -0.39 is 0 Å². The van der Waals surface area contributed by atoms with Gasteiger partial charge in [0.2, 0.25) is 5.91 Å². The van der Waals surface area contributed by atoms with Crippen LogP contribution in [0, 0.1) is 0 Å². The van der Waals surface area contributed by atoms with Crippen LogP contribution in [0.1, 0.15) is 50.5 Å². The maximum atomic E-state index is 12.1. The molecule has 0 spiro atoms. The van der Waals surface area contributed by atoms with Gasteiger partial charge in [0.25, 0.3) is 0 Å². The number of hydrogen-bond donors (Lipinski definition) is 1. The second-order valence-corrected chi connectivity index (χ2v) is 6.68. The van der Waals surface area contributed by atoms with E-state index in [0.717, 1.165) is 17.9 Å². The number of carbonyl (C=O) groups is 2. The number of nitrogens with zero attached hydrogens (tertiary/aromatic N) is 1. The fraction of sp³-hybridized carbons (Fsp3) is 0.556. The van der Waals surface area contributed by atoms with Crippen LogP contribution in [-0.2, 0) is 11.3 Å². The molecule has 0 bridgehead atoms. The number of rotatable bonds is 7. The van der Waals surface area contributed by atoms with Gasteiger partial charge < -0.3 is 10.1 Å². The average molecular weight is 320 g/mol. The van der Waals surface area contributed by atoms with Gasteiger partial charge in [-0.15, -0.1) is 0 Å². The summed E-state index contributed by atoms with van der Waals surface area (Å²) in [6.45, 7) is 11.0. The summed E-state index contributed by atoms with van der Waals surface area (Å²) in [5.41, 5.74) is 1.31. The maximum absolute atomic E-state index is 12.1. The van der Waals surface area contributed by atoms with E-state index >= 15 is 0 Å². The Kier molecular flexibility index (Phi) is 6.76. The van der Waals surface area contributed by atoms with Gasteiger partial charge in [0.05, 0.1) is 13.7 Å². The monoisotopic (exact) mass is 320 g/mol. The van der Waals surface area contributed by atoms with Gasteiger partial charge in [0, 0.05) is 23.2 Å². The Hall–Kier alpha value is -1.88. The highest BCUT2D eigenvalue weighted by molar-refractivity contribution is 5.94. The van der Waals surface area contributed by atoms with E-state index in [9.17, 15) is 9.59 Å². The van der Waals surface area contributed by atoms with E-state index in [1.54, 1.807) is 26.2 Å². The van der Waals surface area contributed by atoms with Crippen LogP contribution < -0.4 is 10.1 Å². The first-order valence-electron chi connectivity index (χ1n) is 7.87. The molecule has 0 aliphatic heterocycles. The smallest absolute Gasteiger partial charge is 0.234 e. The fourth-order valence-corrected chi connectivity index (χ4v) is 2.30. The largest absolute Gasteiger partial charge is 0.496 e. The number of nitrogens with one attached hydrogen (secondary N) is 1. The molecule has 0 atom stereocenters. The van der Waals surface area contributed by atoms with Crippen molar-refractivity contribution in [3.8, 4) is 5.75 Å². The summed E-state index contributed by atoms with van der Waals surface area (Å²) in [4.78, 5) is 25.7. The lowest BCUT2D eigenvalue weighted by Crippen LogP contribution is -2.45. The van der Waals surface area contributed by atoms with Gasteiger partial charge in [-0.05, 0) is 52.4 Å². The van der Waals surface area contributed by atoms with E-state index in [4.69, 9.17) is 4.74 Å². The van der Waals surface area contributed by atoms with Crippen LogP contribution in [0.25, 0.3) is 0 Å². The molecule has 0 radical (unpaired) electrons. The number of carbonyl (C=O) groups excluding carboxylic acids is 2. The molecule has 1 aromatic carbocycles. The minimum Gasteiger partial charge on any atom is -0.496 e. The first-order valence-corrected chi connectivity index (χ1v) is 7.87. The molecule has 1 N–H and O–H groups in total. The normalized spacial score (nSPS) is 11.4. The number of likely N-dealkylation sites (N-methyl/N-ethyl adjacent to an activating group) is 1. The van der Waals surface area contributed by atoms with Crippen molar-refractivity contribution in [3.63, 3.8) is 0 Å². The van der Waals surface area contributed by atoms with Crippen molar-refractivity contribution in [2.24, 2.45) is 0 Å². The second kappa shape index (κ2) is 8.11. The average Bonchev–Trinajstić information content (AvgIpc) is 2.44. The summed E-state index contributed by atoms with van der Waals surface area (Å²) in [5.74, 6) is 0.730. The first-order chi connectivity index (χ1) is 10.7. The molecule has 23 heavy (non-hydrogen) atoms. The zero-order chi connectivity index (χ0) is 17.6. The Morgan fingerprint density at radius 3 is 2.39 bits per heavy atom. The molecule has 0 heterocycles. The molecule has 128 valence electrons. The van der Waals surface area contributed by atoms with Gasteiger partial charge in [0.1, 0.15) is 5.75 Å². The Bertz CT molecular complexity index is 562. The van der Waals surface area contributed by atoms with Gasteiger partial charge in [-0.25, -0.2) is 0 Å². The topological polar surface area (TPSA) is 58.6 Å². The number of Topliss-reactive ketones (excluding diaryl/α,β-unsaturated/α-hetero) is 1. The molecule has 1 rings (SSSR count). The van der Waals surface area contributed by atoms with Crippen LogP contribution in [0.4, 0.5) is 0 Å². The molecular weight excluding hydrogens is 292 g/mol. The number of benzene rings is 1. The molecule has 5 heteroatoms. The number of ether oxygens (including phenoxy) is 1. The summed E-state index contributed by atoms with van der Waals surface area (Å²) in [6.07, 6.45) is 0. The van der Waals surface area contributed by atoms with Gasteiger partial charge in [-0.1, -0.05) is 6.92 Å². The Morgan fingerprint density at radius 1 is 1.26 bits per heavy atom. The molecule has 0 aliphatic rings. The molecule has 0 saturated carbocycles. The predicted molar refractivity (Wildman–Crippen MR) is 91.8 cm³/mol. The molecule has 0 aromatic heterocycles. The van der Waals surface area contributed by atoms with Gasteiger partial charge in [-0.3, -0.25) is 14.5 Å². The third-order valence-corrected chi connectivity index (χ3v) is 3.41. The van der Waals surface area contributed by atoms with Crippen LogP contribution in [0.5, 0.6) is 5.75 Å². The van der Waals surface area contributed by atoms with Crippen LogP contribution in [-0.4, -0.2) is 42.3 Å². The molecular formula is C18H28N2O3. The standard InChI is InChI=1S/C18H28N2O3/c1-7-20(12-17(22)19-18(3,4)5)11-15-10-14(13(2)21)8-9-16(15)23-6/h8-10H,7,11-12H2,1-6H3,(H,19,22). The van der Waals surface area contributed by atoms with Crippen molar-refractivity contribution in [2.75, 3.05) is 20.2 Å². The number of hydrogen-bond acceptors (Lipinski definition) is 4. The van der Waals surface area contributed by atoms with Crippen LogP contribution >= 0.6 is 0 Å². The Balaban J connectivity index is 2.87. The number of amides is 1. The van der Waals surface area contributed by atoms with E-state index in [0.29, 0.717) is 18.7 Å². The van der Waals surface area contributed by atoms with Gasteiger partial charge >= 0.3 is 0 Å². The predicted octanol–water partition coefficient (Wildman–Crippen LogP) is 2.63. The van der Waals surface area contributed by atoms with Crippen molar-refractivity contribution < 1.29 is 14.3 Å². The second-order valence-electron chi connectivity index (χ2n) is 6.68. The molecule has 0 aliphatic carbocycles. The lowest BCUT2D eigenvalue weighted by atomic mass is 10.1. The quantitative estimate of drug-likeness (QED) is 0.785. The number of ketones is 1. The molecule has 0 saturated heterocycles. The highest BCUT2D eigenvalue weighted by atomic mass is 16.5. The molecule has 1 aromatic rings. The van der Waals surface area contributed by atoms with Crippen molar-refractivity contribution in [2.45, 2.75) is 46.7 Å². The van der Waals surface area contributed by atoms with Crippen LogP contribution in [0.15, 0.2) is 18.2 Å². The van der Waals surface area contributed by atoms with Crippen LogP contribution in [0.2, 0.25) is 0 Å². The summed E-state index contributed by atoms with van der Waals surface area (Å²) in [5, 5.41) is 2.96. The molecule has 1 amide bonds. The third kappa shape index (κ3) is 6.40. The molecule has 0 unspecified atom stereocenters. The fourth-order valence-electron chi connectivity index (χ4n) is 2.30. The minimum absolute atomic E-state index is 0.0129. The summed E-state index contributed by atoms with van der Waals surface area (Å²) < 4.78 is 5.37. The lowest BCUT2D eigenvalue weighted by Gasteiger charge is -2.25. The van der Waals surface area contributed by atoms with Crippen molar-refractivity contribution >= 4 is 11.7 Å². The van der Waals surface area contributed by atoms with E-state index in [-0.39, 0.29) is 17.2 Å². The third-order valence-electron chi connectivity index (χ3n) is 3.41. The Morgan fingerprint density at radius 2 is 1.91 bits per heavy atom. The lowest BCUT2D eigenvalue weighted by molar-refractivity contribution is -0.123. The van der Waals surface area contributed by atoms with Gasteiger partial charge in [0.15, 0.2) is 5.78 Å².